The average Bonchev–Trinajstić information content (AvgIpc) is 2.53. The normalized spacial score (nSPS) is 10.1. The highest BCUT2D eigenvalue weighted by atomic mass is 19.1. The standard InChI is InChI=1S/C17H14FNO4/c18-12-7-5-11(6-8-12)15(20)9-10-16(21)19-14-4-2-1-3-13(14)17(22)23/h1-8H,9-10H2,(H,19,21)(H,22,23). The Morgan fingerprint density at radius 3 is 2.26 bits per heavy atom. The van der Waals surface area contributed by atoms with Gasteiger partial charge in [-0.1, -0.05) is 12.1 Å². The minimum atomic E-state index is -1.15. The van der Waals surface area contributed by atoms with Crippen molar-refractivity contribution in [2.24, 2.45) is 0 Å². The monoisotopic (exact) mass is 315 g/mol. The number of anilines is 1. The minimum absolute atomic E-state index is 0.0225. The SMILES string of the molecule is O=C(CCC(=O)c1ccc(F)cc1)Nc1ccccc1C(=O)O. The number of aromatic carboxylic acids is 1. The van der Waals surface area contributed by atoms with E-state index in [4.69, 9.17) is 5.11 Å². The molecule has 0 bridgehead atoms. The van der Waals surface area contributed by atoms with E-state index in [1.807, 2.05) is 0 Å². The van der Waals surface area contributed by atoms with E-state index in [0.29, 0.717) is 5.56 Å². The number of carboxylic acid groups (broad SMARTS) is 1. The predicted molar refractivity (Wildman–Crippen MR) is 82.0 cm³/mol. The zero-order valence-corrected chi connectivity index (χ0v) is 12.1. The molecule has 0 aliphatic rings. The lowest BCUT2D eigenvalue weighted by atomic mass is 10.1. The molecule has 6 heteroatoms. The molecular weight excluding hydrogens is 301 g/mol. The summed E-state index contributed by atoms with van der Waals surface area (Å²) in [7, 11) is 0. The molecular formula is C17H14FNO4. The largest absolute Gasteiger partial charge is 0.478 e. The van der Waals surface area contributed by atoms with E-state index >= 15 is 0 Å². The molecule has 0 radical (unpaired) electrons. The topological polar surface area (TPSA) is 83.5 Å². The second-order valence-corrected chi connectivity index (χ2v) is 4.83. The fraction of sp³-hybridized carbons (Fsp3) is 0.118. The van der Waals surface area contributed by atoms with Gasteiger partial charge in [-0.2, -0.15) is 0 Å². The number of nitrogens with one attached hydrogen (secondary N) is 1. The first-order valence-electron chi connectivity index (χ1n) is 6.88. The number of carboxylic acids is 1. The third kappa shape index (κ3) is 4.47. The van der Waals surface area contributed by atoms with Crippen LogP contribution in [0.2, 0.25) is 0 Å². The average molecular weight is 315 g/mol. The second kappa shape index (κ2) is 7.31. The number of para-hydroxylation sites is 1. The molecule has 0 aliphatic heterocycles. The van der Waals surface area contributed by atoms with E-state index in [9.17, 15) is 18.8 Å². The van der Waals surface area contributed by atoms with Gasteiger partial charge in [-0.25, -0.2) is 9.18 Å². The number of Topliss-reactive ketones (excluding diaryl/α,β-unsaturated/α-hetero) is 1. The number of amides is 1. The number of hydrogen-bond donors (Lipinski definition) is 2. The van der Waals surface area contributed by atoms with Crippen LogP contribution in [0, 0.1) is 5.82 Å². The van der Waals surface area contributed by atoms with Gasteiger partial charge in [0.2, 0.25) is 5.91 Å². The molecule has 23 heavy (non-hydrogen) atoms. The number of benzene rings is 2. The molecule has 2 aromatic carbocycles. The quantitative estimate of drug-likeness (QED) is 0.802. The molecule has 0 spiro atoms. The molecule has 0 fully saturated rings. The molecule has 0 aliphatic carbocycles. The number of halogens is 1. The third-order valence-electron chi connectivity index (χ3n) is 3.18. The van der Waals surface area contributed by atoms with Crippen molar-refractivity contribution in [2.45, 2.75) is 12.8 Å². The highest BCUT2D eigenvalue weighted by Crippen LogP contribution is 2.15. The second-order valence-electron chi connectivity index (χ2n) is 4.83. The minimum Gasteiger partial charge on any atom is -0.478 e. The fourth-order valence-electron chi connectivity index (χ4n) is 2.00. The first kappa shape index (κ1) is 16.4. The smallest absolute Gasteiger partial charge is 0.337 e. The zero-order chi connectivity index (χ0) is 16.8. The Morgan fingerprint density at radius 1 is 0.957 bits per heavy atom. The van der Waals surface area contributed by atoms with Crippen LogP contribution in [0.1, 0.15) is 33.6 Å². The lowest BCUT2D eigenvalue weighted by Gasteiger charge is -2.08. The summed E-state index contributed by atoms with van der Waals surface area (Å²) in [5.74, 6) is -2.34. The van der Waals surface area contributed by atoms with Gasteiger partial charge in [0.15, 0.2) is 5.78 Å². The molecule has 2 N–H and O–H groups in total. The molecule has 0 saturated heterocycles. The zero-order valence-electron chi connectivity index (χ0n) is 12.1. The van der Waals surface area contributed by atoms with Crippen LogP contribution >= 0.6 is 0 Å². The fourth-order valence-corrected chi connectivity index (χ4v) is 2.00. The maximum Gasteiger partial charge on any atom is 0.337 e. The van der Waals surface area contributed by atoms with E-state index in [1.54, 1.807) is 12.1 Å². The summed E-state index contributed by atoms with van der Waals surface area (Å²) in [5, 5.41) is 11.5. The Hall–Kier alpha value is -3.02. The van der Waals surface area contributed by atoms with Gasteiger partial charge in [-0.3, -0.25) is 9.59 Å². The van der Waals surface area contributed by atoms with Crippen molar-refractivity contribution in [2.75, 3.05) is 5.32 Å². The van der Waals surface area contributed by atoms with Crippen LogP contribution in [-0.2, 0) is 4.79 Å². The van der Waals surface area contributed by atoms with Crippen LogP contribution in [0.5, 0.6) is 0 Å². The van der Waals surface area contributed by atoms with Crippen LogP contribution < -0.4 is 5.32 Å². The molecule has 0 aromatic heterocycles. The first-order valence-corrected chi connectivity index (χ1v) is 6.88. The summed E-state index contributed by atoms with van der Waals surface area (Å²) in [6.45, 7) is 0. The highest BCUT2D eigenvalue weighted by molar-refractivity contribution is 6.03. The molecule has 1 amide bonds. The van der Waals surface area contributed by atoms with Crippen molar-refractivity contribution in [3.05, 3.63) is 65.5 Å². The summed E-state index contributed by atoms with van der Waals surface area (Å²) in [6, 6.07) is 11.1. The Bertz CT molecular complexity index is 741. The van der Waals surface area contributed by atoms with Gasteiger partial charge in [0, 0.05) is 18.4 Å². The van der Waals surface area contributed by atoms with Crippen molar-refractivity contribution in [3.63, 3.8) is 0 Å². The van der Waals surface area contributed by atoms with Gasteiger partial charge in [0.1, 0.15) is 5.82 Å². The summed E-state index contributed by atoms with van der Waals surface area (Å²) in [4.78, 5) is 34.8. The molecule has 2 rings (SSSR count). The number of ketones is 1. The van der Waals surface area contributed by atoms with Gasteiger partial charge >= 0.3 is 5.97 Å². The van der Waals surface area contributed by atoms with Crippen LogP contribution in [-0.4, -0.2) is 22.8 Å². The van der Waals surface area contributed by atoms with E-state index in [-0.39, 0.29) is 29.9 Å². The maximum atomic E-state index is 12.8. The van der Waals surface area contributed by atoms with Crippen molar-refractivity contribution < 1.29 is 23.9 Å². The summed E-state index contributed by atoms with van der Waals surface area (Å²) < 4.78 is 12.8. The van der Waals surface area contributed by atoms with Crippen LogP contribution in [0.4, 0.5) is 10.1 Å². The van der Waals surface area contributed by atoms with Gasteiger partial charge in [-0.15, -0.1) is 0 Å². The molecule has 0 saturated carbocycles. The van der Waals surface area contributed by atoms with E-state index < -0.39 is 17.7 Å². The van der Waals surface area contributed by atoms with Crippen LogP contribution in [0.25, 0.3) is 0 Å². The predicted octanol–water partition coefficient (Wildman–Crippen LogP) is 3.13. The molecule has 0 heterocycles. The van der Waals surface area contributed by atoms with Crippen molar-refractivity contribution in [3.8, 4) is 0 Å². The van der Waals surface area contributed by atoms with Crippen molar-refractivity contribution in [1.82, 2.24) is 0 Å². The Balaban J connectivity index is 1.94. The van der Waals surface area contributed by atoms with Gasteiger partial charge in [0.25, 0.3) is 0 Å². The number of carbonyl (C=O) groups is 3. The van der Waals surface area contributed by atoms with Crippen LogP contribution in [0.15, 0.2) is 48.5 Å². The lowest BCUT2D eigenvalue weighted by molar-refractivity contribution is -0.116. The third-order valence-corrected chi connectivity index (χ3v) is 3.18. The van der Waals surface area contributed by atoms with Crippen LogP contribution in [0.3, 0.4) is 0 Å². The van der Waals surface area contributed by atoms with E-state index in [2.05, 4.69) is 5.32 Å². The number of hydrogen-bond acceptors (Lipinski definition) is 3. The highest BCUT2D eigenvalue weighted by Gasteiger charge is 2.13. The lowest BCUT2D eigenvalue weighted by Crippen LogP contribution is -2.15. The summed E-state index contributed by atoms with van der Waals surface area (Å²) in [6.07, 6.45) is -0.142. The Morgan fingerprint density at radius 2 is 1.61 bits per heavy atom. The molecule has 2 aromatic rings. The van der Waals surface area contributed by atoms with Gasteiger partial charge in [-0.05, 0) is 36.4 Å². The molecule has 118 valence electrons. The molecule has 0 unspecified atom stereocenters. The van der Waals surface area contributed by atoms with Crippen molar-refractivity contribution in [1.29, 1.82) is 0 Å². The Labute approximate surface area is 131 Å². The van der Waals surface area contributed by atoms with E-state index in [1.165, 1.54) is 36.4 Å². The number of rotatable bonds is 6. The van der Waals surface area contributed by atoms with Crippen molar-refractivity contribution >= 4 is 23.3 Å². The first-order chi connectivity index (χ1) is 11.0. The van der Waals surface area contributed by atoms with E-state index in [0.717, 1.165) is 0 Å². The summed E-state index contributed by atoms with van der Waals surface area (Å²) >= 11 is 0. The van der Waals surface area contributed by atoms with Gasteiger partial charge in [0.05, 0.1) is 11.3 Å². The number of carbonyl (C=O) groups excluding carboxylic acids is 2. The van der Waals surface area contributed by atoms with Gasteiger partial charge < -0.3 is 10.4 Å². The molecule has 0 atom stereocenters. The summed E-state index contributed by atoms with van der Waals surface area (Å²) in [5.41, 5.74) is 0.482. The maximum absolute atomic E-state index is 12.8. The Kier molecular flexibility index (Phi) is 5.19. The molecule has 5 nitrogen and oxygen atoms in total.